The summed E-state index contributed by atoms with van der Waals surface area (Å²) in [6.07, 6.45) is 0.0361. The maximum Gasteiger partial charge on any atom is 0.321 e. The molecular formula is C15H30N6O2. The summed E-state index contributed by atoms with van der Waals surface area (Å²) in [7, 11) is 5.61. The average molecular weight is 326 g/mol. The van der Waals surface area contributed by atoms with E-state index in [1.165, 1.54) is 0 Å². The maximum atomic E-state index is 12.6. The highest BCUT2D eigenvalue weighted by atomic mass is 16.2. The van der Waals surface area contributed by atoms with Gasteiger partial charge in [0.2, 0.25) is 0 Å². The minimum Gasteiger partial charge on any atom is -0.341 e. The van der Waals surface area contributed by atoms with E-state index in [1.807, 2.05) is 21.7 Å². The Morgan fingerprint density at radius 2 is 1.48 bits per heavy atom. The number of amides is 4. The van der Waals surface area contributed by atoms with Crippen LogP contribution in [0.1, 0.15) is 6.92 Å². The van der Waals surface area contributed by atoms with Crippen molar-refractivity contribution in [2.75, 3.05) is 73.5 Å². The number of piperazine rings is 2. The number of carbonyl (C=O) groups excluding carboxylic acids is 2. The lowest BCUT2D eigenvalue weighted by Crippen LogP contribution is -2.59. The van der Waals surface area contributed by atoms with Crippen molar-refractivity contribution in [2.24, 2.45) is 0 Å². The zero-order chi connectivity index (χ0) is 17.0. The van der Waals surface area contributed by atoms with E-state index >= 15 is 0 Å². The summed E-state index contributed by atoms with van der Waals surface area (Å²) in [4.78, 5) is 34.3. The van der Waals surface area contributed by atoms with Crippen molar-refractivity contribution in [1.29, 1.82) is 0 Å². The lowest BCUT2D eigenvalue weighted by Gasteiger charge is -2.43. The van der Waals surface area contributed by atoms with Crippen LogP contribution in [0.4, 0.5) is 9.59 Å². The first kappa shape index (κ1) is 17.8. The van der Waals surface area contributed by atoms with Gasteiger partial charge in [-0.15, -0.1) is 0 Å². The third-order valence-electron chi connectivity index (χ3n) is 4.98. The first-order valence-corrected chi connectivity index (χ1v) is 8.35. The van der Waals surface area contributed by atoms with Crippen LogP contribution in [0.25, 0.3) is 0 Å². The Balaban J connectivity index is 1.84. The van der Waals surface area contributed by atoms with E-state index in [-0.39, 0.29) is 18.2 Å². The number of rotatable bonds is 2. The average Bonchev–Trinajstić information content (AvgIpc) is 2.60. The third-order valence-corrected chi connectivity index (χ3v) is 4.98. The molecule has 132 valence electrons. The summed E-state index contributed by atoms with van der Waals surface area (Å²) in [5.41, 5.74) is 0. The van der Waals surface area contributed by atoms with E-state index in [1.54, 1.807) is 7.05 Å². The molecule has 2 rings (SSSR count). The number of urea groups is 2. The lowest BCUT2D eigenvalue weighted by molar-refractivity contribution is 0.0403. The maximum absolute atomic E-state index is 12.6. The van der Waals surface area contributed by atoms with Crippen LogP contribution in [0, 0.1) is 0 Å². The van der Waals surface area contributed by atoms with Crippen molar-refractivity contribution in [2.45, 2.75) is 13.1 Å². The Morgan fingerprint density at radius 1 is 0.957 bits per heavy atom. The minimum atomic E-state index is -0.0285. The van der Waals surface area contributed by atoms with Crippen molar-refractivity contribution in [3.63, 3.8) is 0 Å². The van der Waals surface area contributed by atoms with E-state index in [9.17, 15) is 9.59 Å². The number of carbonyl (C=O) groups is 2. The third kappa shape index (κ3) is 4.26. The highest BCUT2D eigenvalue weighted by molar-refractivity contribution is 5.75. The number of likely N-dealkylation sites (N-methyl/N-ethyl adjacent to an activating group) is 1. The van der Waals surface area contributed by atoms with Crippen molar-refractivity contribution in [1.82, 2.24) is 29.8 Å². The van der Waals surface area contributed by atoms with Crippen LogP contribution in [-0.2, 0) is 0 Å². The van der Waals surface area contributed by atoms with Gasteiger partial charge in [-0.25, -0.2) is 9.59 Å². The fourth-order valence-corrected chi connectivity index (χ4v) is 3.08. The fourth-order valence-electron chi connectivity index (χ4n) is 3.08. The summed E-state index contributed by atoms with van der Waals surface area (Å²) in [5.74, 6) is 0. The molecule has 1 N–H and O–H groups in total. The van der Waals surface area contributed by atoms with Crippen LogP contribution in [0.5, 0.6) is 0 Å². The molecule has 8 heteroatoms. The van der Waals surface area contributed by atoms with Gasteiger partial charge in [0.15, 0.2) is 0 Å². The molecule has 4 amide bonds. The molecule has 2 aliphatic heterocycles. The van der Waals surface area contributed by atoms with Gasteiger partial charge in [0.05, 0.1) is 6.17 Å². The van der Waals surface area contributed by atoms with Crippen molar-refractivity contribution in [3.05, 3.63) is 0 Å². The molecule has 0 aromatic heterocycles. The Bertz CT molecular complexity index is 416. The second-order valence-corrected chi connectivity index (χ2v) is 6.39. The SMILES string of the molecule is CNC(=O)N1CCN(C(C)N(C)C(=O)N2CCN(C)CC2)CC1. The van der Waals surface area contributed by atoms with Crippen LogP contribution in [0.15, 0.2) is 0 Å². The number of nitrogens with zero attached hydrogens (tertiary/aromatic N) is 5. The second-order valence-electron chi connectivity index (χ2n) is 6.39. The first-order chi connectivity index (χ1) is 10.9. The number of hydrogen-bond donors (Lipinski definition) is 1. The summed E-state index contributed by atoms with van der Waals surface area (Å²) < 4.78 is 0. The molecule has 2 aliphatic rings. The molecule has 0 saturated carbocycles. The van der Waals surface area contributed by atoms with Gasteiger partial charge in [-0.3, -0.25) is 4.90 Å². The van der Waals surface area contributed by atoms with Gasteiger partial charge < -0.3 is 24.9 Å². The fraction of sp³-hybridized carbons (Fsp3) is 0.867. The topological polar surface area (TPSA) is 62.4 Å². The van der Waals surface area contributed by atoms with E-state index in [0.717, 1.165) is 39.3 Å². The van der Waals surface area contributed by atoms with Gasteiger partial charge in [-0.2, -0.15) is 0 Å². The molecular weight excluding hydrogens is 296 g/mol. The summed E-state index contributed by atoms with van der Waals surface area (Å²) in [6.45, 7) is 8.46. The van der Waals surface area contributed by atoms with Crippen LogP contribution < -0.4 is 5.32 Å². The molecule has 0 spiro atoms. The molecule has 2 saturated heterocycles. The van der Waals surface area contributed by atoms with Crippen LogP contribution in [-0.4, -0.2) is 116 Å². The van der Waals surface area contributed by atoms with E-state index in [0.29, 0.717) is 13.1 Å². The van der Waals surface area contributed by atoms with Gasteiger partial charge >= 0.3 is 12.1 Å². The van der Waals surface area contributed by atoms with Gasteiger partial charge in [0.25, 0.3) is 0 Å². The van der Waals surface area contributed by atoms with Crippen LogP contribution in [0.3, 0.4) is 0 Å². The highest BCUT2D eigenvalue weighted by Gasteiger charge is 2.30. The van der Waals surface area contributed by atoms with Crippen molar-refractivity contribution >= 4 is 12.1 Å². The predicted octanol–water partition coefficient (Wildman–Crippen LogP) is -0.411. The molecule has 8 nitrogen and oxygen atoms in total. The highest BCUT2D eigenvalue weighted by Crippen LogP contribution is 2.12. The first-order valence-electron chi connectivity index (χ1n) is 8.35. The Kier molecular flexibility index (Phi) is 6.06. The van der Waals surface area contributed by atoms with Gasteiger partial charge in [-0.1, -0.05) is 0 Å². The number of hydrogen-bond acceptors (Lipinski definition) is 4. The predicted molar refractivity (Wildman–Crippen MR) is 89.3 cm³/mol. The van der Waals surface area contributed by atoms with E-state index < -0.39 is 0 Å². The molecule has 0 aromatic rings. The van der Waals surface area contributed by atoms with Gasteiger partial charge in [0.1, 0.15) is 0 Å². The summed E-state index contributed by atoms with van der Waals surface area (Å²) in [5, 5.41) is 2.66. The minimum absolute atomic E-state index is 0.0285. The van der Waals surface area contributed by atoms with Gasteiger partial charge in [0, 0.05) is 66.5 Å². The normalized spacial score (nSPS) is 21.9. The molecule has 0 aliphatic carbocycles. The molecule has 1 unspecified atom stereocenters. The molecule has 0 aromatic carbocycles. The smallest absolute Gasteiger partial charge is 0.321 e. The Morgan fingerprint density at radius 3 is 2.00 bits per heavy atom. The molecule has 23 heavy (non-hydrogen) atoms. The Hall–Kier alpha value is -1.54. The summed E-state index contributed by atoms with van der Waals surface area (Å²) in [6, 6.07) is 0.0681. The molecule has 2 fully saturated rings. The van der Waals surface area contributed by atoms with Crippen molar-refractivity contribution < 1.29 is 9.59 Å². The summed E-state index contributed by atoms with van der Waals surface area (Å²) >= 11 is 0. The van der Waals surface area contributed by atoms with Crippen LogP contribution in [0.2, 0.25) is 0 Å². The van der Waals surface area contributed by atoms with E-state index in [4.69, 9.17) is 0 Å². The number of nitrogens with one attached hydrogen (secondary N) is 1. The second kappa shape index (κ2) is 7.83. The van der Waals surface area contributed by atoms with Gasteiger partial charge in [-0.05, 0) is 14.0 Å². The van der Waals surface area contributed by atoms with Crippen molar-refractivity contribution in [3.8, 4) is 0 Å². The molecule has 1 atom stereocenters. The van der Waals surface area contributed by atoms with E-state index in [2.05, 4.69) is 29.1 Å². The molecule has 0 radical (unpaired) electrons. The molecule has 2 heterocycles. The largest absolute Gasteiger partial charge is 0.341 e. The monoisotopic (exact) mass is 326 g/mol. The standard InChI is InChI=1S/C15H30N6O2/c1-13(19-9-11-20(12-10-19)14(22)16-2)18(4)15(23)21-7-5-17(3)6-8-21/h13H,5-12H2,1-4H3,(H,16,22). The van der Waals surface area contributed by atoms with Crippen LogP contribution >= 0.6 is 0 Å². The lowest BCUT2D eigenvalue weighted by atomic mass is 10.3. The zero-order valence-electron chi connectivity index (χ0n) is 14.8. The quantitative estimate of drug-likeness (QED) is 0.749. The Labute approximate surface area is 139 Å². The zero-order valence-corrected chi connectivity index (χ0v) is 14.8. The molecule has 0 bridgehead atoms.